The molecule has 0 bridgehead atoms. The van der Waals surface area contributed by atoms with E-state index in [9.17, 15) is 9.59 Å². The van der Waals surface area contributed by atoms with Crippen LogP contribution in [0.25, 0.3) is 0 Å². The molecule has 1 atom stereocenters. The van der Waals surface area contributed by atoms with E-state index in [1.807, 2.05) is 54.6 Å². The van der Waals surface area contributed by atoms with Crippen molar-refractivity contribution in [3.8, 4) is 11.5 Å². The van der Waals surface area contributed by atoms with Crippen LogP contribution in [0.5, 0.6) is 11.5 Å². The summed E-state index contributed by atoms with van der Waals surface area (Å²) in [6, 6.07) is 23.6. The van der Waals surface area contributed by atoms with Crippen LogP contribution in [0.3, 0.4) is 0 Å². The van der Waals surface area contributed by atoms with Gasteiger partial charge in [-0.25, -0.2) is 0 Å². The maximum Gasteiger partial charge on any atom is 0.247 e. The zero-order valence-corrected chi connectivity index (χ0v) is 20.1. The Labute approximate surface area is 205 Å². The summed E-state index contributed by atoms with van der Waals surface area (Å²) in [6.45, 7) is 0.603. The zero-order valence-electron chi connectivity index (χ0n) is 19.4. The van der Waals surface area contributed by atoms with E-state index in [4.69, 9.17) is 21.1 Å². The minimum atomic E-state index is -0.877. The van der Waals surface area contributed by atoms with Crippen molar-refractivity contribution in [2.75, 3.05) is 26.6 Å². The van der Waals surface area contributed by atoms with Gasteiger partial charge in [0, 0.05) is 12.1 Å². The lowest BCUT2D eigenvalue weighted by molar-refractivity contribution is -0.139. The number of carbonyl (C=O) groups is 2. The van der Waals surface area contributed by atoms with Crippen LogP contribution in [0, 0.1) is 0 Å². The van der Waals surface area contributed by atoms with Gasteiger partial charge in [0.2, 0.25) is 11.8 Å². The third-order valence-corrected chi connectivity index (χ3v) is 5.74. The molecule has 2 amide bonds. The predicted octanol–water partition coefficient (Wildman–Crippen LogP) is 4.37. The van der Waals surface area contributed by atoms with Crippen LogP contribution in [0.4, 0.5) is 0 Å². The quantitative estimate of drug-likeness (QED) is 0.414. The number of benzene rings is 3. The van der Waals surface area contributed by atoms with E-state index in [-0.39, 0.29) is 24.2 Å². The van der Waals surface area contributed by atoms with E-state index in [0.717, 1.165) is 11.1 Å². The molecule has 178 valence electrons. The topological polar surface area (TPSA) is 67.9 Å². The standard InChI is InChI=1S/C27H29ClN2O4/c1-33-23-14-12-21(13-15-23)26(27(32)29-17-16-20-8-4-3-5-9-20)30(25(31)18-28)19-22-10-6-7-11-24(22)34-2/h3-15,26H,16-19H2,1-2H3,(H,29,32)/t26-/m0/s1. The molecule has 6 nitrogen and oxygen atoms in total. The molecular weight excluding hydrogens is 452 g/mol. The first-order valence-electron chi connectivity index (χ1n) is 11.0. The van der Waals surface area contributed by atoms with Crippen molar-refractivity contribution < 1.29 is 19.1 Å². The van der Waals surface area contributed by atoms with Gasteiger partial charge in [-0.1, -0.05) is 60.7 Å². The molecule has 0 unspecified atom stereocenters. The van der Waals surface area contributed by atoms with Crippen molar-refractivity contribution in [2.24, 2.45) is 0 Å². The maximum atomic E-state index is 13.5. The van der Waals surface area contributed by atoms with Crippen LogP contribution in [0.15, 0.2) is 78.9 Å². The summed E-state index contributed by atoms with van der Waals surface area (Å²) in [5.74, 6) is 0.403. The number of nitrogens with zero attached hydrogens (tertiary/aromatic N) is 1. The number of ether oxygens (including phenoxy) is 2. The molecule has 0 saturated carbocycles. The minimum Gasteiger partial charge on any atom is -0.497 e. The van der Waals surface area contributed by atoms with Crippen molar-refractivity contribution in [3.05, 3.63) is 95.6 Å². The van der Waals surface area contributed by atoms with Gasteiger partial charge in [0.15, 0.2) is 0 Å². The molecule has 0 saturated heterocycles. The third-order valence-electron chi connectivity index (χ3n) is 5.52. The zero-order chi connectivity index (χ0) is 24.3. The third kappa shape index (κ3) is 6.51. The Morgan fingerprint density at radius 1 is 0.912 bits per heavy atom. The maximum absolute atomic E-state index is 13.5. The molecule has 0 aliphatic heterocycles. The summed E-state index contributed by atoms with van der Waals surface area (Å²) in [7, 11) is 3.15. The second-order valence-corrected chi connectivity index (χ2v) is 7.94. The van der Waals surface area contributed by atoms with Crippen molar-refractivity contribution in [2.45, 2.75) is 19.0 Å². The Hall–Kier alpha value is -3.51. The van der Waals surface area contributed by atoms with Crippen LogP contribution < -0.4 is 14.8 Å². The second kappa shape index (κ2) is 12.7. The molecule has 7 heteroatoms. The lowest BCUT2D eigenvalue weighted by atomic mass is 10.0. The fraction of sp³-hybridized carbons (Fsp3) is 0.259. The Balaban J connectivity index is 1.91. The van der Waals surface area contributed by atoms with Crippen LogP contribution in [0.1, 0.15) is 22.7 Å². The molecular formula is C27H29ClN2O4. The highest BCUT2D eigenvalue weighted by atomic mass is 35.5. The number of methoxy groups -OCH3 is 2. The fourth-order valence-corrected chi connectivity index (χ4v) is 3.90. The summed E-state index contributed by atoms with van der Waals surface area (Å²) >= 11 is 5.98. The average Bonchev–Trinajstić information content (AvgIpc) is 2.89. The lowest BCUT2D eigenvalue weighted by Gasteiger charge is -2.31. The van der Waals surface area contributed by atoms with Gasteiger partial charge in [-0.3, -0.25) is 9.59 Å². The summed E-state index contributed by atoms with van der Waals surface area (Å²) < 4.78 is 10.7. The number of hydrogen-bond acceptors (Lipinski definition) is 4. The van der Waals surface area contributed by atoms with Gasteiger partial charge >= 0.3 is 0 Å². The van der Waals surface area contributed by atoms with Gasteiger partial charge in [0.1, 0.15) is 23.4 Å². The van der Waals surface area contributed by atoms with Crippen molar-refractivity contribution >= 4 is 23.4 Å². The largest absolute Gasteiger partial charge is 0.497 e. The molecule has 0 radical (unpaired) electrons. The summed E-state index contributed by atoms with van der Waals surface area (Å²) in [6.07, 6.45) is 0.678. The van der Waals surface area contributed by atoms with Gasteiger partial charge in [-0.05, 0) is 35.7 Å². The van der Waals surface area contributed by atoms with E-state index in [1.165, 1.54) is 4.90 Å². The molecule has 0 fully saturated rings. The first kappa shape index (κ1) is 25.1. The highest BCUT2D eigenvalue weighted by Gasteiger charge is 2.31. The van der Waals surface area contributed by atoms with Gasteiger partial charge < -0.3 is 19.7 Å². The monoisotopic (exact) mass is 480 g/mol. The molecule has 0 aliphatic carbocycles. The number of halogens is 1. The predicted molar refractivity (Wildman–Crippen MR) is 133 cm³/mol. The van der Waals surface area contributed by atoms with E-state index >= 15 is 0 Å². The lowest BCUT2D eigenvalue weighted by Crippen LogP contribution is -2.44. The summed E-state index contributed by atoms with van der Waals surface area (Å²) in [5.41, 5.74) is 2.55. The molecule has 0 heterocycles. The summed E-state index contributed by atoms with van der Waals surface area (Å²) in [4.78, 5) is 28.0. The second-order valence-electron chi connectivity index (χ2n) is 7.67. The normalized spacial score (nSPS) is 11.4. The van der Waals surface area contributed by atoms with Gasteiger partial charge in [-0.2, -0.15) is 0 Å². The van der Waals surface area contributed by atoms with Crippen molar-refractivity contribution in [1.82, 2.24) is 10.2 Å². The molecule has 0 spiro atoms. The number of alkyl halides is 1. The first-order valence-corrected chi connectivity index (χ1v) is 11.5. The van der Waals surface area contributed by atoms with E-state index in [1.54, 1.807) is 38.5 Å². The first-order chi connectivity index (χ1) is 16.6. The number of nitrogens with one attached hydrogen (secondary N) is 1. The number of amides is 2. The number of rotatable bonds is 11. The smallest absolute Gasteiger partial charge is 0.247 e. The van der Waals surface area contributed by atoms with E-state index in [2.05, 4.69) is 5.32 Å². The van der Waals surface area contributed by atoms with Gasteiger partial charge in [0.25, 0.3) is 0 Å². The SMILES string of the molecule is COc1ccc([C@@H](C(=O)NCCc2ccccc2)N(Cc2ccccc2OC)C(=O)CCl)cc1. The van der Waals surface area contributed by atoms with Crippen molar-refractivity contribution in [3.63, 3.8) is 0 Å². The minimum absolute atomic E-state index is 0.165. The van der Waals surface area contributed by atoms with Crippen LogP contribution in [-0.2, 0) is 22.6 Å². The Kier molecular flexibility index (Phi) is 9.35. The van der Waals surface area contributed by atoms with Crippen LogP contribution in [0.2, 0.25) is 0 Å². The Morgan fingerprint density at radius 2 is 1.59 bits per heavy atom. The number of hydrogen-bond donors (Lipinski definition) is 1. The highest BCUT2D eigenvalue weighted by Crippen LogP contribution is 2.28. The fourth-order valence-electron chi connectivity index (χ4n) is 3.75. The Bertz CT molecular complexity index is 1070. The molecule has 1 N–H and O–H groups in total. The number of carbonyl (C=O) groups excluding carboxylic acids is 2. The van der Waals surface area contributed by atoms with E-state index < -0.39 is 6.04 Å². The Morgan fingerprint density at radius 3 is 2.24 bits per heavy atom. The highest BCUT2D eigenvalue weighted by molar-refractivity contribution is 6.27. The molecule has 34 heavy (non-hydrogen) atoms. The summed E-state index contributed by atoms with van der Waals surface area (Å²) in [5, 5.41) is 2.99. The average molecular weight is 481 g/mol. The van der Waals surface area contributed by atoms with Gasteiger partial charge in [0.05, 0.1) is 20.8 Å². The molecule has 3 aromatic rings. The van der Waals surface area contributed by atoms with Crippen LogP contribution >= 0.6 is 11.6 Å². The van der Waals surface area contributed by atoms with Gasteiger partial charge in [-0.15, -0.1) is 11.6 Å². The van der Waals surface area contributed by atoms with Crippen LogP contribution in [-0.4, -0.2) is 43.4 Å². The molecule has 0 aromatic heterocycles. The van der Waals surface area contributed by atoms with Crippen molar-refractivity contribution in [1.29, 1.82) is 0 Å². The van der Waals surface area contributed by atoms with E-state index in [0.29, 0.717) is 30.0 Å². The molecule has 3 aromatic carbocycles. The molecule has 3 rings (SSSR count). The number of para-hydroxylation sites is 1. The molecule has 0 aliphatic rings.